The highest BCUT2D eigenvalue weighted by Crippen LogP contribution is 2.19. The topological polar surface area (TPSA) is 84.9 Å². The van der Waals surface area contributed by atoms with Crippen molar-refractivity contribution in [1.29, 1.82) is 0 Å². The average molecular weight is 293 g/mol. The number of carbonyl (C=O) groups excluding carboxylic acids is 1. The van der Waals surface area contributed by atoms with Crippen LogP contribution in [0.4, 0.5) is 0 Å². The van der Waals surface area contributed by atoms with Gasteiger partial charge in [0.2, 0.25) is 5.91 Å². The van der Waals surface area contributed by atoms with Crippen LogP contribution >= 0.6 is 0 Å². The number of carboxylic acid groups (broad SMARTS) is 1. The van der Waals surface area contributed by atoms with Crippen LogP contribution in [-0.4, -0.2) is 42.3 Å². The first-order valence-corrected chi connectivity index (χ1v) is 7.00. The largest absolute Gasteiger partial charge is 0.494 e. The highest BCUT2D eigenvalue weighted by Gasteiger charge is 2.34. The first-order chi connectivity index (χ1) is 10.2. The summed E-state index contributed by atoms with van der Waals surface area (Å²) in [4.78, 5) is 22.5. The van der Waals surface area contributed by atoms with E-state index in [1.165, 1.54) is 0 Å². The second kappa shape index (κ2) is 7.64. The summed E-state index contributed by atoms with van der Waals surface area (Å²) in [6.45, 7) is 0.983. The van der Waals surface area contributed by atoms with E-state index >= 15 is 0 Å². The Morgan fingerprint density at radius 3 is 2.62 bits per heavy atom. The zero-order chi connectivity index (χ0) is 15.1. The van der Waals surface area contributed by atoms with Gasteiger partial charge in [-0.05, 0) is 31.4 Å². The summed E-state index contributed by atoms with van der Waals surface area (Å²) in [5.41, 5.74) is 0. The fourth-order valence-electron chi connectivity index (χ4n) is 2.12. The van der Waals surface area contributed by atoms with E-state index in [1.54, 1.807) is 0 Å². The van der Waals surface area contributed by atoms with Crippen LogP contribution in [-0.2, 0) is 14.3 Å². The van der Waals surface area contributed by atoms with Gasteiger partial charge in [0.1, 0.15) is 11.9 Å². The molecule has 2 unspecified atom stereocenters. The molecule has 2 atom stereocenters. The van der Waals surface area contributed by atoms with Gasteiger partial charge in [-0.3, -0.25) is 4.79 Å². The van der Waals surface area contributed by atoms with Crippen LogP contribution in [0, 0.1) is 0 Å². The molecule has 1 amide bonds. The molecule has 1 aromatic rings. The number of carbonyl (C=O) groups is 2. The standard InChI is InChI=1S/C15H19NO5/c17-14(12-7-8-13(21-12)15(18)19)16-9-4-10-20-11-5-2-1-3-6-11/h1-3,5-6,12-13H,4,7-10H2,(H,16,17)(H,18,19). The molecule has 0 spiro atoms. The quantitative estimate of drug-likeness (QED) is 0.738. The van der Waals surface area contributed by atoms with Crippen molar-refractivity contribution in [3.63, 3.8) is 0 Å². The van der Waals surface area contributed by atoms with Crippen molar-refractivity contribution in [3.8, 4) is 5.75 Å². The Hall–Kier alpha value is -2.08. The van der Waals surface area contributed by atoms with Crippen LogP contribution < -0.4 is 10.1 Å². The molecule has 2 N–H and O–H groups in total. The minimum atomic E-state index is -1.01. The van der Waals surface area contributed by atoms with Crippen molar-refractivity contribution in [2.45, 2.75) is 31.5 Å². The molecule has 1 saturated heterocycles. The lowest BCUT2D eigenvalue weighted by Crippen LogP contribution is -2.36. The number of nitrogens with one attached hydrogen (secondary N) is 1. The first-order valence-electron chi connectivity index (χ1n) is 7.00. The lowest BCUT2D eigenvalue weighted by Gasteiger charge is -2.12. The molecular formula is C15H19NO5. The molecule has 1 aliphatic rings. The Bertz CT molecular complexity index is 476. The van der Waals surface area contributed by atoms with Gasteiger partial charge in [0.05, 0.1) is 6.61 Å². The maximum atomic E-state index is 11.8. The Balaban J connectivity index is 1.59. The van der Waals surface area contributed by atoms with E-state index in [0.717, 1.165) is 5.75 Å². The second-order valence-corrected chi connectivity index (χ2v) is 4.84. The van der Waals surface area contributed by atoms with E-state index in [0.29, 0.717) is 32.4 Å². The molecule has 2 rings (SSSR count). The number of carboxylic acids is 1. The first kappa shape index (κ1) is 15.3. The minimum absolute atomic E-state index is 0.251. The van der Waals surface area contributed by atoms with E-state index in [4.69, 9.17) is 14.6 Å². The van der Waals surface area contributed by atoms with Gasteiger partial charge in [-0.1, -0.05) is 18.2 Å². The number of hydrogen-bond acceptors (Lipinski definition) is 4. The molecule has 1 heterocycles. The molecule has 1 fully saturated rings. The molecule has 0 aliphatic carbocycles. The van der Waals surface area contributed by atoms with Crippen molar-refractivity contribution in [1.82, 2.24) is 5.32 Å². The third kappa shape index (κ3) is 4.75. The second-order valence-electron chi connectivity index (χ2n) is 4.84. The van der Waals surface area contributed by atoms with Crippen molar-refractivity contribution in [2.75, 3.05) is 13.2 Å². The Morgan fingerprint density at radius 1 is 1.24 bits per heavy atom. The summed E-state index contributed by atoms with van der Waals surface area (Å²) in [6.07, 6.45) is -0.00729. The number of rotatable bonds is 7. The predicted molar refractivity (Wildman–Crippen MR) is 75.1 cm³/mol. The van der Waals surface area contributed by atoms with Crippen molar-refractivity contribution >= 4 is 11.9 Å². The van der Waals surface area contributed by atoms with Gasteiger partial charge >= 0.3 is 5.97 Å². The number of amides is 1. The summed E-state index contributed by atoms with van der Waals surface area (Å²) in [7, 11) is 0. The number of benzene rings is 1. The van der Waals surface area contributed by atoms with Crippen LogP contribution in [0.5, 0.6) is 5.75 Å². The van der Waals surface area contributed by atoms with E-state index in [9.17, 15) is 9.59 Å². The fourth-order valence-corrected chi connectivity index (χ4v) is 2.12. The normalized spacial score (nSPS) is 21.0. The number of hydrogen-bond donors (Lipinski definition) is 2. The molecule has 114 valence electrons. The van der Waals surface area contributed by atoms with Gasteiger partial charge in [-0.15, -0.1) is 0 Å². The Kier molecular flexibility index (Phi) is 5.57. The predicted octanol–water partition coefficient (Wildman–Crippen LogP) is 1.20. The third-order valence-electron chi connectivity index (χ3n) is 3.22. The summed E-state index contributed by atoms with van der Waals surface area (Å²) in [5, 5.41) is 11.5. The summed E-state index contributed by atoms with van der Waals surface area (Å²) in [6, 6.07) is 9.45. The summed E-state index contributed by atoms with van der Waals surface area (Å²) < 4.78 is 10.7. The number of ether oxygens (including phenoxy) is 2. The molecule has 0 aromatic heterocycles. The number of aliphatic carboxylic acids is 1. The maximum Gasteiger partial charge on any atom is 0.332 e. The van der Waals surface area contributed by atoms with E-state index in [1.807, 2.05) is 30.3 Å². The van der Waals surface area contributed by atoms with Crippen LogP contribution in [0.2, 0.25) is 0 Å². The molecular weight excluding hydrogens is 274 g/mol. The van der Waals surface area contributed by atoms with Gasteiger partial charge < -0.3 is 19.9 Å². The van der Waals surface area contributed by atoms with Crippen LogP contribution in [0.15, 0.2) is 30.3 Å². The molecule has 1 aliphatic heterocycles. The summed E-state index contributed by atoms with van der Waals surface area (Å²) in [5.74, 6) is -0.465. The maximum absolute atomic E-state index is 11.8. The molecule has 6 heteroatoms. The molecule has 6 nitrogen and oxygen atoms in total. The molecule has 1 aromatic carbocycles. The zero-order valence-corrected chi connectivity index (χ0v) is 11.7. The molecule has 0 saturated carbocycles. The molecule has 21 heavy (non-hydrogen) atoms. The van der Waals surface area contributed by atoms with Crippen LogP contribution in [0.3, 0.4) is 0 Å². The van der Waals surface area contributed by atoms with Gasteiger partial charge in [0.15, 0.2) is 6.10 Å². The van der Waals surface area contributed by atoms with Gasteiger partial charge in [0, 0.05) is 6.54 Å². The lowest BCUT2D eigenvalue weighted by atomic mass is 10.2. The highest BCUT2D eigenvalue weighted by atomic mass is 16.5. The minimum Gasteiger partial charge on any atom is -0.494 e. The third-order valence-corrected chi connectivity index (χ3v) is 3.22. The van der Waals surface area contributed by atoms with Crippen molar-refractivity contribution in [2.24, 2.45) is 0 Å². The average Bonchev–Trinajstić information content (AvgIpc) is 2.98. The Labute approximate surface area is 123 Å². The fraction of sp³-hybridized carbons (Fsp3) is 0.467. The molecule has 0 radical (unpaired) electrons. The van der Waals surface area contributed by atoms with E-state index in [2.05, 4.69) is 5.32 Å². The van der Waals surface area contributed by atoms with Crippen molar-refractivity contribution < 1.29 is 24.2 Å². The van der Waals surface area contributed by atoms with Gasteiger partial charge in [0.25, 0.3) is 0 Å². The zero-order valence-electron chi connectivity index (χ0n) is 11.7. The van der Waals surface area contributed by atoms with E-state index < -0.39 is 18.2 Å². The number of para-hydroxylation sites is 1. The highest BCUT2D eigenvalue weighted by molar-refractivity contribution is 5.82. The lowest BCUT2D eigenvalue weighted by molar-refractivity contribution is -0.151. The monoisotopic (exact) mass is 293 g/mol. The van der Waals surface area contributed by atoms with Crippen LogP contribution in [0.1, 0.15) is 19.3 Å². The smallest absolute Gasteiger partial charge is 0.332 e. The molecule has 0 bridgehead atoms. The summed E-state index contributed by atoms with van der Waals surface area (Å²) >= 11 is 0. The Morgan fingerprint density at radius 2 is 1.95 bits per heavy atom. The van der Waals surface area contributed by atoms with Gasteiger partial charge in [-0.2, -0.15) is 0 Å². The van der Waals surface area contributed by atoms with Crippen LogP contribution in [0.25, 0.3) is 0 Å². The van der Waals surface area contributed by atoms with Crippen molar-refractivity contribution in [3.05, 3.63) is 30.3 Å². The SMILES string of the molecule is O=C(O)C1CCC(C(=O)NCCCOc2ccccc2)O1. The van der Waals surface area contributed by atoms with E-state index in [-0.39, 0.29) is 5.91 Å². The van der Waals surface area contributed by atoms with Gasteiger partial charge in [-0.25, -0.2) is 4.79 Å².